The molecule has 0 unspecified atom stereocenters. The quantitative estimate of drug-likeness (QED) is 0.543. The molecule has 0 fully saturated rings. The monoisotopic (exact) mass is 208 g/mol. The van der Waals surface area contributed by atoms with Crippen LogP contribution in [0.2, 0.25) is 0 Å². The summed E-state index contributed by atoms with van der Waals surface area (Å²) in [5.41, 5.74) is 0. The molecule has 0 bridgehead atoms. The first kappa shape index (κ1) is 11.7. The van der Waals surface area contributed by atoms with Crippen LogP contribution in [0.4, 0.5) is 0 Å². The minimum atomic E-state index is -0.174. The third-order valence-corrected chi connectivity index (χ3v) is 2.05. The maximum atomic E-state index is 11.4. The summed E-state index contributed by atoms with van der Waals surface area (Å²) in [6, 6.07) is 5.70. The fourth-order valence-electron chi connectivity index (χ4n) is 1.14. The van der Waals surface area contributed by atoms with Gasteiger partial charge in [-0.3, -0.25) is 0 Å². The molecule has 1 rings (SSSR count). The van der Waals surface area contributed by atoms with Gasteiger partial charge in [-0.25, -0.2) is 4.79 Å². The summed E-state index contributed by atoms with van der Waals surface area (Å²) in [5.74, 6) is 0.397. The largest absolute Gasteiger partial charge is 0.461 e. The van der Waals surface area contributed by atoms with Gasteiger partial charge < -0.3 is 4.74 Å². The van der Waals surface area contributed by atoms with E-state index in [1.807, 2.05) is 30.6 Å². The van der Waals surface area contributed by atoms with E-state index in [2.05, 4.69) is 13.8 Å². The first-order valence-corrected chi connectivity index (χ1v) is 5.28. The van der Waals surface area contributed by atoms with E-state index >= 15 is 0 Å². The molecule has 1 aromatic heterocycles. The molecule has 15 heavy (non-hydrogen) atoms. The fourth-order valence-corrected chi connectivity index (χ4v) is 1.14. The van der Waals surface area contributed by atoms with Crippen LogP contribution < -0.4 is 4.57 Å². The highest BCUT2D eigenvalue weighted by Gasteiger charge is 2.09. The molecule has 0 aliphatic heterocycles. The van der Waals surface area contributed by atoms with E-state index in [1.54, 1.807) is 4.57 Å². The van der Waals surface area contributed by atoms with Crippen LogP contribution in [-0.4, -0.2) is 12.6 Å². The van der Waals surface area contributed by atoms with Crippen molar-refractivity contribution in [1.29, 1.82) is 0 Å². The first-order chi connectivity index (χ1) is 7.18. The average Bonchev–Trinajstić information content (AvgIpc) is 2.18. The van der Waals surface area contributed by atoms with Crippen molar-refractivity contribution in [3.8, 4) is 0 Å². The second kappa shape index (κ2) is 6.17. The van der Waals surface area contributed by atoms with Gasteiger partial charge in [0.2, 0.25) is 6.54 Å². The molecule has 0 saturated carbocycles. The predicted octanol–water partition coefficient (Wildman–Crippen LogP) is 1.56. The molecule has 0 aromatic carbocycles. The number of hydrogen-bond acceptors (Lipinski definition) is 2. The molecule has 0 aliphatic rings. The zero-order valence-electron chi connectivity index (χ0n) is 9.35. The van der Waals surface area contributed by atoms with E-state index in [1.165, 1.54) is 0 Å². The van der Waals surface area contributed by atoms with E-state index in [4.69, 9.17) is 4.74 Å². The highest BCUT2D eigenvalue weighted by atomic mass is 16.5. The molecule has 0 saturated heterocycles. The van der Waals surface area contributed by atoms with E-state index in [0.717, 1.165) is 6.42 Å². The Bertz CT molecular complexity index is 296. The molecule has 0 radical (unpaired) electrons. The topological polar surface area (TPSA) is 30.2 Å². The molecule has 1 aromatic rings. The number of pyridine rings is 1. The van der Waals surface area contributed by atoms with Crippen LogP contribution in [0.3, 0.4) is 0 Å². The maximum Gasteiger partial charge on any atom is 0.372 e. The van der Waals surface area contributed by atoms with Crippen molar-refractivity contribution in [1.82, 2.24) is 0 Å². The maximum absolute atomic E-state index is 11.4. The Hall–Kier alpha value is -1.38. The minimum absolute atomic E-state index is 0.174. The second-order valence-electron chi connectivity index (χ2n) is 3.95. The standard InChI is InChI=1S/C12H18NO2/c1-11(2)6-9-15-12(14)10-13-7-4-3-5-8-13/h3-5,7-8,11H,6,9-10H2,1-2H3/q+1. The lowest BCUT2D eigenvalue weighted by atomic mass is 10.1. The molecule has 0 aliphatic carbocycles. The van der Waals surface area contributed by atoms with Crippen LogP contribution in [0.5, 0.6) is 0 Å². The number of ether oxygens (including phenoxy) is 1. The average molecular weight is 208 g/mol. The highest BCUT2D eigenvalue weighted by molar-refractivity contribution is 5.67. The van der Waals surface area contributed by atoms with Gasteiger partial charge >= 0.3 is 5.97 Å². The number of aromatic nitrogens is 1. The van der Waals surface area contributed by atoms with Gasteiger partial charge in [-0.15, -0.1) is 0 Å². The van der Waals surface area contributed by atoms with Gasteiger partial charge in [-0.2, -0.15) is 4.57 Å². The van der Waals surface area contributed by atoms with Gasteiger partial charge in [0.05, 0.1) is 6.61 Å². The van der Waals surface area contributed by atoms with Gasteiger partial charge in [0.15, 0.2) is 12.4 Å². The number of esters is 1. The lowest BCUT2D eigenvalue weighted by molar-refractivity contribution is -0.686. The number of rotatable bonds is 5. The molecule has 0 atom stereocenters. The van der Waals surface area contributed by atoms with Crippen LogP contribution in [0.1, 0.15) is 20.3 Å². The van der Waals surface area contributed by atoms with Crippen molar-refractivity contribution in [3.63, 3.8) is 0 Å². The molecule has 3 heteroatoms. The summed E-state index contributed by atoms with van der Waals surface area (Å²) < 4.78 is 6.90. The van der Waals surface area contributed by atoms with Crippen molar-refractivity contribution in [3.05, 3.63) is 30.6 Å². The molecule has 3 nitrogen and oxygen atoms in total. The Morgan fingerprint density at radius 3 is 2.53 bits per heavy atom. The zero-order chi connectivity index (χ0) is 11.1. The Labute approximate surface area is 90.7 Å². The first-order valence-electron chi connectivity index (χ1n) is 5.28. The Morgan fingerprint density at radius 2 is 1.93 bits per heavy atom. The minimum Gasteiger partial charge on any atom is -0.461 e. The van der Waals surface area contributed by atoms with Crippen molar-refractivity contribution in [2.24, 2.45) is 5.92 Å². The van der Waals surface area contributed by atoms with Gasteiger partial charge in [-0.1, -0.05) is 19.9 Å². The van der Waals surface area contributed by atoms with Crippen molar-refractivity contribution in [2.45, 2.75) is 26.8 Å². The van der Waals surface area contributed by atoms with E-state index in [0.29, 0.717) is 19.1 Å². The van der Waals surface area contributed by atoms with E-state index < -0.39 is 0 Å². The van der Waals surface area contributed by atoms with Gasteiger partial charge in [0.1, 0.15) is 0 Å². The third kappa shape index (κ3) is 5.15. The molecular formula is C12H18NO2+. The van der Waals surface area contributed by atoms with Crippen LogP contribution >= 0.6 is 0 Å². The van der Waals surface area contributed by atoms with Crippen LogP contribution in [0, 0.1) is 5.92 Å². The SMILES string of the molecule is CC(C)CCOC(=O)C[n+]1ccccc1. The summed E-state index contributed by atoms with van der Waals surface area (Å²) in [5, 5.41) is 0. The van der Waals surface area contributed by atoms with Crippen molar-refractivity contribution < 1.29 is 14.1 Å². The summed E-state index contributed by atoms with van der Waals surface area (Å²) in [6.07, 6.45) is 4.62. The summed E-state index contributed by atoms with van der Waals surface area (Å²) >= 11 is 0. The van der Waals surface area contributed by atoms with Crippen molar-refractivity contribution >= 4 is 5.97 Å². The van der Waals surface area contributed by atoms with Gasteiger partial charge in [-0.05, 0) is 12.3 Å². The Morgan fingerprint density at radius 1 is 1.27 bits per heavy atom. The Balaban J connectivity index is 2.25. The molecular weight excluding hydrogens is 190 g/mol. The van der Waals surface area contributed by atoms with E-state index in [-0.39, 0.29) is 5.97 Å². The Kier molecular flexibility index (Phi) is 4.81. The molecule has 82 valence electrons. The van der Waals surface area contributed by atoms with Crippen LogP contribution in [0.15, 0.2) is 30.6 Å². The van der Waals surface area contributed by atoms with Crippen LogP contribution in [-0.2, 0) is 16.1 Å². The summed E-state index contributed by atoms with van der Waals surface area (Å²) in [7, 11) is 0. The van der Waals surface area contributed by atoms with Crippen LogP contribution in [0.25, 0.3) is 0 Å². The van der Waals surface area contributed by atoms with Gasteiger partial charge in [0.25, 0.3) is 0 Å². The summed E-state index contributed by atoms with van der Waals surface area (Å²) in [6.45, 7) is 5.03. The zero-order valence-corrected chi connectivity index (χ0v) is 9.35. The lowest BCUT2D eigenvalue weighted by Gasteiger charge is -2.04. The summed E-state index contributed by atoms with van der Waals surface area (Å²) in [4.78, 5) is 11.4. The molecule has 0 amide bonds. The van der Waals surface area contributed by atoms with E-state index in [9.17, 15) is 4.79 Å². The lowest BCUT2D eigenvalue weighted by Crippen LogP contribution is -2.37. The van der Waals surface area contributed by atoms with Crippen molar-refractivity contribution in [2.75, 3.05) is 6.61 Å². The number of nitrogens with zero attached hydrogens (tertiary/aromatic N) is 1. The fraction of sp³-hybridized carbons (Fsp3) is 0.500. The smallest absolute Gasteiger partial charge is 0.372 e. The second-order valence-corrected chi connectivity index (χ2v) is 3.95. The number of hydrogen-bond donors (Lipinski definition) is 0. The normalized spacial score (nSPS) is 10.3. The number of carbonyl (C=O) groups is 1. The molecule has 0 N–H and O–H groups in total. The van der Waals surface area contributed by atoms with Gasteiger partial charge in [0, 0.05) is 12.1 Å². The molecule has 1 heterocycles. The molecule has 0 spiro atoms. The highest BCUT2D eigenvalue weighted by Crippen LogP contribution is 1.98. The number of carbonyl (C=O) groups excluding carboxylic acids is 1. The third-order valence-electron chi connectivity index (χ3n) is 2.05. The predicted molar refractivity (Wildman–Crippen MR) is 57.1 cm³/mol.